The molecular formula is C18H25FN4O2. The van der Waals surface area contributed by atoms with Gasteiger partial charge in [-0.2, -0.15) is 0 Å². The van der Waals surface area contributed by atoms with Crippen LogP contribution in [0.3, 0.4) is 0 Å². The van der Waals surface area contributed by atoms with Gasteiger partial charge in [0.05, 0.1) is 11.8 Å². The number of hydrogen-bond acceptors (Lipinski definition) is 3. The molecule has 1 aromatic heterocycles. The van der Waals surface area contributed by atoms with Crippen LogP contribution in [-0.4, -0.2) is 33.6 Å². The molecule has 6 nitrogen and oxygen atoms in total. The quantitative estimate of drug-likeness (QED) is 0.750. The van der Waals surface area contributed by atoms with E-state index >= 15 is 0 Å². The number of aliphatic hydroxyl groups excluding tert-OH is 1. The van der Waals surface area contributed by atoms with Crippen LogP contribution in [-0.2, 0) is 0 Å². The number of nitrogens with zero attached hydrogens (tertiary/aromatic N) is 2. The molecule has 2 rings (SSSR count). The summed E-state index contributed by atoms with van der Waals surface area (Å²) in [4.78, 5) is 12.1. The van der Waals surface area contributed by atoms with Crippen LogP contribution in [0.2, 0.25) is 0 Å². The number of anilines is 1. The molecule has 1 heterocycles. The molecule has 0 radical (unpaired) electrons. The van der Waals surface area contributed by atoms with Gasteiger partial charge < -0.3 is 10.4 Å². The van der Waals surface area contributed by atoms with Gasteiger partial charge in [0, 0.05) is 18.3 Å². The Bertz CT molecular complexity index is 740. The molecule has 25 heavy (non-hydrogen) atoms. The van der Waals surface area contributed by atoms with Gasteiger partial charge in [-0.05, 0) is 43.9 Å². The van der Waals surface area contributed by atoms with Crippen LogP contribution in [0.25, 0.3) is 5.69 Å². The number of aliphatic hydroxyl groups is 1. The molecule has 7 heteroatoms. The molecule has 0 aliphatic heterocycles. The first-order valence-corrected chi connectivity index (χ1v) is 8.22. The summed E-state index contributed by atoms with van der Waals surface area (Å²) < 4.78 is 14.9. The van der Waals surface area contributed by atoms with Gasteiger partial charge in [-0.25, -0.2) is 13.9 Å². The molecule has 136 valence electrons. The maximum atomic E-state index is 13.4. The van der Waals surface area contributed by atoms with Gasteiger partial charge in [0.25, 0.3) is 0 Å². The van der Waals surface area contributed by atoms with Crippen LogP contribution in [0, 0.1) is 18.2 Å². The number of halogens is 1. The van der Waals surface area contributed by atoms with Crippen LogP contribution in [0.1, 0.15) is 32.9 Å². The molecule has 0 aliphatic carbocycles. The predicted molar refractivity (Wildman–Crippen MR) is 95.4 cm³/mol. The minimum Gasteiger partial charge on any atom is -0.393 e. The summed E-state index contributed by atoms with van der Waals surface area (Å²) in [5, 5.41) is 19.2. The van der Waals surface area contributed by atoms with Gasteiger partial charge in [0.15, 0.2) is 5.82 Å². The molecule has 0 bridgehead atoms. The molecule has 0 aliphatic rings. The largest absolute Gasteiger partial charge is 0.393 e. The second-order valence-corrected chi connectivity index (χ2v) is 7.09. The third-order valence-corrected chi connectivity index (χ3v) is 3.76. The highest BCUT2D eigenvalue weighted by Crippen LogP contribution is 2.21. The zero-order valence-corrected chi connectivity index (χ0v) is 15.0. The predicted octanol–water partition coefficient (Wildman–Crippen LogP) is 3.24. The lowest BCUT2D eigenvalue weighted by molar-refractivity contribution is 0.129. The minimum atomic E-state index is -0.426. The number of carbonyl (C=O) groups excluding carboxylic acids is 1. The van der Waals surface area contributed by atoms with Crippen LogP contribution >= 0.6 is 0 Å². The number of amides is 2. The van der Waals surface area contributed by atoms with Gasteiger partial charge in [0.1, 0.15) is 5.82 Å². The monoisotopic (exact) mass is 348 g/mol. The average Bonchev–Trinajstić information content (AvgIpc) is 2.84. The molecule has 1 unspecified atom stereocenters. The van der Waals surface area contributed by atoms with Crippen LogP contribution < -0.4 is 10.6 Å². The van der Waals surface area contributed by atoms with Crippen molar-refractivity contribution < 1.29 is 14.3 Å². The van der Waals surface area contributed by atoms with E-state index in [1.54, 1.807) is 29.8 Å². The zero-order chi connectivity index (χ0) is 18.6. The SMILES string of the molecule is Cc1cc(NC(=O)NCC(C)(C)CC(C)O)nn1-c1cccc(F)c1. The Kier molecular flexibility index (Phi) is 5.79. The summed E-state index contributed by atoms with van der Waals surface area (Å²) in [6, 6.07) is 7.43. The summed E-state index contributed by atoms with van der Waals surface area (Å²) in [6.45, 7) is 7.93. The maximum Gasteiger partial charge on any atom is 0.320 e. The van der Waals surface area contributed by atoms with Gasteiger partial charge in [0.2, 0.25) is 0 Å². The Morgan fingerprint density at radius 1 is 1.40 bits per heavy atom. The van der Waals surface area contributed by atoms with Crippen molar-refractivity contribution in [3.05, 3.63) is 41.8 Å². The molecule has 0 saturated heterocycles. The number of urea groups is 1. The summed E-state index contributed by atoms with van der Waals surface area (Å²) in [5.74, 6) is 0.0348. The fourth-order valence-corrected chi connectivity index (χ4v) is 2.76. The first kappa shape index (κ1) is 18.9. The van der Waals surface area contributed by atoms with E-state index in [0.29, 0.717) is 24.5 Å². The van der Waals surface area contributed by atoms with Crippen molar-refractivity contribution >= 4 is 11.8 Å². The molecule has 3 N–H and O–H groups in total. The number of aryl methyl sites for hydroxylation is 1. The first-order chi connectivity index (χ1) is 11.7. The van der Waals surface area contributed by atoms with E-state index in [-0.39, 0.29) is 17.3 Å². The second kappa shape index (κ2) is 7.65. The van der Waals surface area contributed by atoms with Crippen molar-refractivity contribution in [3.8, 4) is 5.69 Å². The Balaban J connectivity index is 1.99. The van der Waals surface area contributed by atoms with E-state index in [1.165, 1.54) is 12.1 Å². The van der Waals surface area contributed by atoms with Crippen molar-refractivity contribution in [2.45, 2.75) is 40.2 Å². The average molecular weight is 348 g/mol. The third kappa shape index (κ3) is 5.56. The summed E-state index contributed by atoms with van der Waals surface area (Å²) in [5.41, 5.74) is 1.14. The molecule has 0 saturated carbocycles. The summed E-state index contributed by atoms with van der Waals surface area (Å²) >= 11 is 0. The molecular weight excluding hydrogens is 323 g/mol. The normalized spacial score (nSPS) is 12.7. The van der Waals surface area contributed by atoms with Gasteiger partial charge >= 0.3 is 6.03 Å². The topological polar surface area (TPSA) is 79.2 Å². The van der Waals surface area contributed by atoms with E-state index in [4.69, 9.17) is 0 Å². The van der Waals surface area contributed by atoms with Crippen molar-refractivity contribution in [3.63, 3.8) is 0 Å². The smallest absolute Gasteiger partial charge is 0.320 e. The van der Waals surface area contributed by atoms with E-state index in [0.717, 1.165) is 5.69 Å². The number of rotatable bonds is 6. The van der Waals surface area contributed by atoms with E-state index < -0.39 is 6.10 Å². The number of carbonyl (C=O) groups is 1. The fourth-order valence-electron chi connectivity index (χ4n) is 2.76. The van der Waals surface area contributed by atoms with Crippen molar-refractivity contribution in [1.29, 1.82) is 0 Å². The molecule has 0 spiro atoms. The highest BCUT2D eigenvalue weighted by Gasteiger charge is 2.21. The standard InChI is InChI=1S/C18H25FN4O2/c1-12-8-16(22-23(12)15-7-5-6-14(19)9-15)21-17(25)20-11-18(3,4)10-13(2)24/h5-9,13,24H,10-11H2,1-4H3,(H2,20,21,22,25). The number of hydrogen-bond donors (Lipinski definition) is 3. The Morgan fingerprint density at radius 3 is 2.76 bits per heavy atom. The summed E-state index contributed by atoms with van der Waals surface area (Å²) in [7, 11) is 0. The van der Waals surface area contributed by atoms with Gasteiger partial charge in [-0.15, -0.1) is 5.10 Å². The van der Waals surface area contributed by atoms with Crippen LogP contribution in [0.15, 0.2) is 30.3 Å². The Labute approximate surface area is 147 Å². The molecule has 1 aromatic carbocycles. The number of aromatic nitrogens is 2. The third-order valence-electron chi connectivity index (χ3n) is 3.76. The first-order valence-electron chi connectivity index (χ1n) is 8.22. The van der Waals surface area contributed by atoms with Crippen molar-refractivity contribution in [2.24, 2.45) is 5.41 Å². The van der Waals surface area contributed by atoms with Gasteiger partial charge in [-0.3, -0.25) is 5.32 Å². The van der Waals surface area contributed by atoms with E-state index in [9.17, 15) is 14.3 Å². The lowest BCUT2D eigenvalue weighted by atomic mass is 9.87. The fraction of sp³-hybridized carbons (Fsp3) is 0.444. The minimum absolute atomic E-state index is 0.220. The highest BCUT2D eigenvalue weighted by molar-refractivity contribution is 5.88. The van der Waals surface area contributed by atoms with Crippen LogP contribution in [0.4, 0.5) is 15.0 Å². The van der Waals surface area contributed by atoms with Crippen LogP contribution in [0.5, 0.6) is 0 Å². The van der Waals surface area contributed by atoms with E-state index in [1.807, 2.05) is 20.8 Å². The molecule has 2 aromatic rings. The lowest BCUT2D eigenvalue weighted by Gasteiger charge is -2.26. The number of benzene rings is 1. The maximum absolute atomic E-state index is 13.4. The van der Waals surface area contributed by atoms with Gasteiger partial charge in [-0.1, -0.05) is 19.9 Å². The highest BCUT2D eigenvalue weighted by atomic mass is 19.1. The van der Waals surface area contributed by atoms with Crippen molar-refractivity contribution in [2.75, 3.05) is 11.9 Å². The van der Waals surface area contributed by atoms with Crippen molar-refractivity contribution in [1.82, 2.24) is 15.1 Å². The second-order valence-electron chi connectivity index (χ2n) is 7.09. The van der Waals surface area contributed by atoms with E-state index in [2.05, 4.69) is 15.7 Å². The zero-order valence-electron chi connectivity index (χ0n) is 15.0. The Hall–Kier alpha value is -2.41. The molecule has 0 fully saturated rings. The molecule has 2 amide bonds. The Morgan fingerprint density at radius 2 is 2.12 bits per heavy atom. The number of nitrogens with one attached hydrogen (secondary N) is 2. The summed E-state index contributed by atoms with van der Waals surface area (Å²) in [6.07, 6.45) is 0.158. The molecule has 1 atom stereocenters. The lowest BCUT2D eigenvalue weighted by Crippen LogP contribution is -2.38.